The average molecular weight is 433 g/mol. The van der Waals surface area contributed by atoms with Crippen LogP contribution in [0.3, 0.4) is 0 Å². The van der Waals surface area contributed by atoms with Gasteiger partial charge in [-0.05, 0) is 50.3 Å². The van der Waals surface area contributed by atoms with E-state index in [0.717, 1.165) is 55.2 Å². The van der Waals surface area contributed by atoms with E-state index in [1.165, 1.54) is 0 Å². The maximum atomic E-state index is 13.0. The number of rotatable bonds is 7. The van der Waals surface area contributed by atoms with Crippen LogP contribution in [-0.2, 0) is 6.42 Å². The number of nitrogens with one attached hydrogen (secondary N) is 3. The number of H-pyrrole nitrogens is 1. The van der Waals surface area contributed by atoms with Crippen LogP contribution >= 0.6 is 0 Å². The van der Waals surface area contributed by atoms with Crippen molar-refractivity contribution in [3.63, 3.8) is 0 Å². The lowest BCUT2D eigenvalue weighted by atomic mass is 10.1. The van der Waals surface area contributed by atoms with Gasteiger partial charge in [0.25, 0.3) is 11.8 Å². The molecule has 3 aromatic rings. The second-order valence-corrected chi connectivity index (χ2v) is 8.70. The first-order chi connectivity index (χ1) is 15.6. The zero-order valence-corrected chi connectivity index (χ0v) is 18.3. The van der Waals surface area contributed by atoms with E-state index in [4.69, 9.17) is 0 Å². The molecule has 1 aliphatic heterocycles. The van der Waals surface area contributed by atoms with Gasteiger partial charge in [0.05, 0.1) is 11.3 Å². The Morgan fingerprint density at radius 1 is 1.22 bits per heavy atom. The number of anilines is 1. The standard InChI is InChI=1S/C24H28N6O2/c1-15-5-4-6-19-17(15)13-21(28-19)22(31)25-10-9-20-18(23(32)30-11-2-3-12-30)14-26-24(29-20)27-16-7-8-16/h4-6,13-14,16,28H,2-3,7-12H2,1H3,(H,25,31)(H,26,27,29). The third-order valence-electron chi connectivity index (χ3n) is 6.18. The number of aryl methyl sites for hydroxylation is 1. The van der Waals surface area contributed by atoms with Crippen molar-refractivity contribution in [2.45, 2.75) is 45.1 Å². The second-order valence-electron chi connectivity index (χ2n) is 8.70. The predicted octanol–water partition coefficient (Wildman–Crippen LogP) is 3.05. The average Bonchev–Trinajstić information content (AvgIpc) is 3.27. The minimum Gasteiger partial charge on any atom is -0.351 e. The fourth-order valence-electron chi connectivity index (χ4n) is 4.18. The van der Waals surface area contributed by atoms with E-state index in [2.05, 4.69) is 25.6 Å². The molecule has 1 aromatic carbocycles. The molecule has 3 N–H and O–H groups in total. The van der Waals surface area contributed by atoms with Gasteiger partial charge in [-0.1, -0.05) is 12.1 Å². The molecule has 8 heteroatoms. The van der Waals surface area contributed by atoms with Gasteiger partial charge >= 0.3 is 0 Å². The Labute approximate surface area is 186 Å². The van der Waals surface area contributed by atoms with E-state index >= 15 is 0 Å². The molecular weight excluding hydrogens is 404 g/mol. The highest BCUT2D eigenvalue weighted by Gasteiger charge is 2.25. The highest BCUT2D eigenvalue weighted by atomic mass is 16.2. The third-order valence-corrected chi connectivity index (χ3v) is 6.18. The Bertz CT molecular complexity index is 1160. The van der Waals surface area contributed by atoms with Gasteiger partial charge in [-0.15, -0.1) is 0 Å². The van der Waals surface area contributed by atoms with Crippen molar-refractivity contribution in [2.75, 3.05) is 25.0 Å². The summed E-state index contributed by atoms with van der Waals surface area (Å²) in [5.74, 6) is 0.365. The number of likely N-dealkylation sites (tertiary alicyclic amines) is 1. The lowest BCUT2D eigenvalue weighted by molar-refractivity contribution is 0.0790. The highest BCUT2D eigenvalue weighted by molar-refractivity contribution is 5.99. The van der Waals surface area contributed by atoms with Gasteiger partial charge in [0.2, 0.25) is 5.95 Å². The molecule has 32 heavy (non-hydrogen) atoms. The summed E-state index contributed by atoms with van der Waals surface area (Å²) < 4.78 is 0. The fraction of sp³-hybridized carbons (Fsp3) is 0.417. The zero-order valence-electron chi connectivity index (χ0n) is 18.3. The number of aromatic amines is 1. The number of benzene rings is 1. The minimum atomic E-state index is -0.168. The van der Waals surface area contributed by atoms with Crippen molar-refractivity contribution >= 4 is 28.7 Å². The largest absolute Gasteiger partial charge is 0.351 e. The maximum Gasteiger partial charge on any atom is 0.267 e. The molecule has 5 rings (SSSR count). The normalized spacial score (nSPS) is 15.8. The summed E-state index contributed by atoms with van der Waals surface area (Å²) in [6.07, 6.45) is 6.39. The van der Waals surface area contributed by atoms with Crippen molar-refractivity contribution in [1.82, 2.24) is 25.2 Å². The van der Waals surface area contributed by atoms with Crippen LogP contribution in [0.2, 0.25) is 0 Å². The number of carbonyl (C=O) groups is 2. The van der Waals surface area contributed by atoms with Crippen molar-refractivity contribution in [3.8, 4) is 0 Å². The van der Waals surface area contributed by atoms with Crippen LogP contribution in [-0.4, -0.2) is 57.3 Å². The Morgan fingerprint density at radius 3 is 2.78 bits per heavy atom. The maximum absolute atomic E-state index is 13.0. The molecule has 1 saturated heterocycles. The molecule has 0 bridgehead atoms. The number of aromatic nitrogens is 3. The van der Waals surface area contributed by atoms with E-state index in [1.807, 2.05) is 36.1 Å². The summed E-state index contributed by atoms with van der Waals surface area (Å²) in [6.45, 7) is 3.96. The van der Waals surface area contributed by atoms with Crippen LogP contribution in [0.4, 0.5) is 5.95 Å². The highest BCUT2D eigenvalue weighted by Crippen LogP contribution is 2.24. The van der Waals surface area contributed by atoms with Crippen LogP contribution in [0.1, 0.15) is 57.8 Å². The van der Waals surface area contributed by atoms with Gasteiger partial charge in [0, 0.05) is 49.2 Å². The summed E-state index contributed by atoms with van der Waals surface area (Å²) in [4.78, 5) is 39.7. The van der Waals surface area contributed by atoms with Crippen molar-refractivity contribution in [2.24, 2.45) is 0 Å². The second kappa shape index (κ2) is 8.61. The van der Waals surface area contributed by atoms with Gasteiger partial charge in [-0.2, -0.15) is 0 Å². The van der Waals surface area contributed by atoms with Crippen LogP contribution in [0.5, 0.6) is 0 Å². The molecule has 0 unspecified atom stereocenters. The molecule has 3 heterocycles. The molecule has 1 aliphatic carbocycles. The van der Waals surface area contributed by atoms with Gasteiger partial charge in [-0.3, -0.25) is 9.59 Å². The van der Waals surface area contributed by atoms with Gasteiger partial charge in [0.15, 0.2) is 0 Å². The van der Waals surface area contributed by atoms with E-state index in [-0.39, 0.29) is 11.8 Å². The lowest BCUT2D eigenvalue weighted by Crippen LogP contribution is -2.31. The van der Waals surface area contributed by atoms with Crippen LogP contribution in [0.15, 0.2) is 30.5 Å². The molecule has 1 saturated carbocycles. The minimum absolute atomic E-state index is 0.0205. The van der Waals surface area contributed by atoms with Crippen molar-refractivity contribution < 1.29 is 9.59 Å². The van der Waals surface area contributed by atoms with Gasteiger partial charge < -0.3 is 20.5 Å². The van der Waals surface area contributed by atoms with E-state index in [1.54, 1.807) is 6.20 Å². The summed E-state index contributed by atoms with van der Waals surface area (Å²) in [7, 11) is 0. The van der Waals surface area contributed by atoms with Gasteiger partial charge in [-0.25, -0.2) is 9.97 Å². The first-order valence-corrected chi connectivity index (χ1v) is 11.4. The smallest absolute Gasteiger partial charge is 0.267 e. The van der Waals surface area contributed by atoms with E-state index < -0.39 is 0 Å². The van der Waals surface area contributed by atoms with E-state index in [0.29, 0.717) is 41.9 Å². The molecular formula is C24H28N6O2. The topological polar surface area (TPSA) is 103 Å². The van der Waals surface area contributed by atoms with Crippen LogP contribution in [0.25, 0.3) is 10.9 Å². The van der Waals surface area contributed by atoms with Crippen LogP contribution < -0.4 is 10.6 Å². The molecule has 0 radical (unpaired) electrons. The third kappa shape index (κ3) is 4.30. The summed E-state index contributed by atoms with van der Waals surface area (Å²) in [5.41, 5.74) is 3.80. The summed E-state index contributed by atoms with van der Waals surface area (Å²) in [5, 5.41) is 7.30. The molecule has 8 nitrogen and oxygen atoms in total. The predicted molar refractivity (Wildman–Crippen MR) is 123 cm³/mol. The SMILES string of the molecule is Cc1cccc2[nH]c(C(=O)NCCc3nc(NC4CC4)ncc3C(=O)N3CCCC3)cc12. The number of carbonyl (C=O) groups excluding carboxylic acids is 2. The Kier molecular flexibility index (Phi) is 5.51. The fourth-order valence-corrected chi connectivity index (χ4v) is 4.18. The quantitative estimate of drug-likeness (QED) is 0.533. The Balaban J connectivity index is 1.29. The molecule has 0 spiro atoms. The number of fused-ring (bicyclic) bond motifs is 1. The number of nitrogens with zero attached hydrogens (tertiary/aromatic N) is 3. The molecule has 166 valence electrons. The summed E-state index contributed by atoms with van der Waals surface area (Å²) in [6, 6.07) is 8.26. The Morgan fingerprint density at radius 2 is 2.03 bits per heavy atom. The Hall–Kier alpha value is -3.42. The first-order valence-electron chi connectivity index (χ1n) is 11.4. The molecule has 0 atom stereocenters. The zero-order chi connectivity index (χ0) is 22.1. The molecule has 2 fully saturated rings. The van der Waals surface area contributed by atoms with Crippen LogP contribution in [0, 0.1) is 6.92 Å². The first kappa shape index (κ1) is 20.5. The molecule has 2 amide bonds. The molecule has 2 aliphatic rings. The van der Waals surface area contributed by atoms with Gasteiger partial charge in [0.1, 0.15) is 5.69 Å². The van der Waals surface area contributed by atoms with Crippen molar-refractivity contribution in [1.29, 1.82) is 0 Å². The number of hydrogen-bond acceptors (Lipinski definition) is 5. The number of hydrogen-bond donors (Lipinski definition) is 3. The monoisotopic (exact) mass is 432 g/mol. The summed E-state index contributed by atoms with van der Waals surface area (Å²) >= 11 is 0. The van der Waals surface area contributed by atoms with E-state index in [9.17, 15) is 9.59 Å². The molecule has 2 aromatic heterocycles. The van der Waals surface area contributed by atoms with Crippen molar-refractivity contribution in [3.05, 3.63) is 53.0 Å². The lowest BCUT2D eigenvalue weighted by Gasteiger charge is -2.17. The number of amides is 2.